The molecule has 0 aromatic carbocycles. The minimum Gasteiger partial charge on any atom is -0.309 e. The van der Waals surface area contributed by atoms with Crippen molar-refractivity contribution < 1.29 is 0 Å². The quantitative estimate of drug-likeness (QED) is 0.839. The molecule has 2 nitrogen and oxygen atoms in total. The zero-order valence-electron chi connectivity index (χ0n) is 11.3. The summed E-state index contributed by atoms with van der Waals surface area (Å²) in [6, 6.07) is 8.57. The van der Waals surface area contributed by atoms with Crippen LogP contribution in [0, 0.1) is 0 Å². The van der Waals surface area contributed by atoms with Gasteiger partial charge in [-0.3, -0.25) is 4.98 Å². The molecule has 4 heteroatoms. The third kappa shape index (κ3) is 3.78. The first-order valence-electron chi connectivity index (χ1n) is 6.61. The van der Waals surface area contributed by atoms with E-state index in [1.807, 2.05) is 18.5 Å². The first-order chi connectivity index (χ1) is 9.22. The highest BCUT2D eigenvalue weighted by molar-refractivity contribution is 7.16. The molecule has 2 atom stereocenters. The molecule has 0 spiro atoms. The summed E-state index contributed by atoms with van der Waals surface area (Å²) >= 11 is 7.73. The molecule has 0 radical (unpaired) electrons. The molecule has 0 fully saturated rings. The van der Waals surface area contributed by atoms with Gasteiger partial charge in [-0.05, 0) is 42.8 Å². The van der Waals surface area contributed by atoms with Crippen molar-refractivity contribution in [2.45, 2.75) is 32.2 Å². The smallest absolute Gasteiger partial charge is 0.0931 e. The standard InChI is InChI=1S/C15H19ClN2S/c1-3-8-18-15(13-4-5-14(16)19-13)11(2)12-6-9-17-10-7-12/h4-7,9-11,15,18H,3,8H2,1-2H3. The molecule has 0 saturated heterocycles. The molecule has 0 bridgehead atoms. The van der Waals surface area contributed by atoms with Crippen molar-refractivity contribution >= 4 is 22.9 Å². The summed E-state index contributed by atoms with van der Waals surface area (Å²) in [6.45, 7) is 5.44. The van der Waals surface area contributed by atoms with Gasteiger partial charge in [0.2, 0.25) is 0 Å². The van der Waals surface area contributed by atoms with Crippen LogP contribution >= 0.6 is 22.9 Å². The van der Waals surface area contributed by atoms with E-state index in [9.17, 15) is 0 Å². The first-order valence-corrected chi connectivity index (χ1v) is 7.80. The van der Waals surface area contributed by atoms with Gasteiger partial charge in [-0.1, -0.05) is 25.4 Å². The van der Waals surface area contributed by atoms with Crippen LogP contribution in [0.1, 0.15) is 42.7 Å². The average Bonchev–Trinajstić information content (AvgIpc) is 2.86. The predicted octanol–water partition coefficient (Wildman–Crippen LogP) is 4.64. The van der Waals surface area contributed by atoms with Crippen molar-refractivity contribution in [1.29, 1.82) is 0 Å². The number of nitrogens with zero attached hydrogens (tertiary/aromatic N) is 1. The molecular formula is C15H19ClN2S. The minimum atomic E-state index is 0.305. The largest absolute Gasteiger partial charge is 0.309 e. The van der Waals surface area contributed by atoms with Gasteiger partial charge in [0, 0.05) is 29.2 Å². The Balaban J connectivity index is 2.22. The van der Waals surface area contributed by atoms with E-state index in [1.165, 1.54) is 10.4 Å². The van der Waals surface area contributed by atoms with Gasteiger partial charge < -0.3 is 5.32 Å². The van der Waals surface area contributed by atoms with Crippen LogP contribution in [0.4, 0.5) is 0 Å². The highest BCUT2D eigenvalue weighted by atomic mass is 35.5. The van der Waals surface area contributed by atoms with Gasteiger partial charge in [-0.15, -0.1) is 11.3 Å². The number of aromatic nitrogens is 1. The third-order valence-corrected chi connectivity index (χ3v) is 4.56. The lowest BCUT2D eigenvalue weighted by Gasteiger charge is -2.24. The molecule has 19 heavy (non-hydrogen) atoms. The lowest BCUT2D eigenvalue weighted by atomic mass is 9.93. The molecule has 2 aromatic rings. The maximum atomic E-state index is 6.07. The highest BCUT2D eigenvalue weighted by Crippen LogP contribution is 2.35. The van der Waals surface area contributed by atoms with E-state index in [1.54, 1.807) is 11.3 Å². The van der Waals surface area contributed by atoms with Gasteiger partial charge in [0.15, 0.2) is 0 Å². The fraction of sp³-hybridized carbons (Fsp3) is 0.400. The van der Waals surface area contributed by atoms with Gasteiger partial charge in [-0.25, -0.2) is 0 Å². The second-order valence-electron chi connectivity index (χ2n) is 4.64. The van der Waals surface area contributed by atoms with Gasteiger partial charge in [0.05, 0.1) is 4.34 Å². The fourth-order valence-electron chi connectivity index (χ4n) is 2.18. The molecule has 0 saturated carbocycles. The van der Waals surface area contributed by atoms with Gasteiger partial charge >= 0.3 is 0 Å². The van der Waals surface area contributed by atoms with Gasteiger partial charge in [0.1, 0.15) is 0 Å². The number of hydrogen-bond donors (Lipinski definition) is 1. The fourth-order valence-corrected chi connectivity index (χ4v) is 3.42. The highest BCUT2D eigenvalue weighted by Gasteiger charge is 2.21. The van der Waals surface area contributed by atoms with Crippen molar-refractivity contribution in [2.75, 3.05) is 6.54 Å². The van der Waals surface area contributed by atoms with Crippen LogP contribution in [0.5, 0.6) is 0 Å². The van der Waals surface area contributed by atoms with E-state index in [-0.39, 0.29) is 0 Å². The molecule has 0 aliphatic carbocycles. The molecule has 0 amide bonds. The summed E-state index contributed by atoms with van der Waals surface area (Å²) in [6.07, 6.45) is 4.83. The maximum absolute atomic E-state index is 6.07. The number of pyridine rings is 1. The molecule has 0 aliphatic rings. The Bertz CT molecular complexity index is 498. The second-order valence-corrected chi connectivity index (χ2v) is 6.39. The minimum absolute atomic E-state index is 0.305. The Morgan fingerprint density at radius 2 is 2.00 bits per heavy atom. The number of rotatable bonds is 6. The Morgan fingerprint density at radius 1 is 1.26 bits per heavy atom. The van der Waals surface area contributed by atoms with Crippen LogP contribution in [0.3, 0.4) is 0 Å². The van der Waals surface area contributed by atoms with Crippen LogP contribution in [-0.4, -0.2) is 11.5 Å². The SMILES string of the molecule is CCCNC(c1ccc(Cl)s1)C(C)c1ccncc1. The van der Waals surface area contributed by atoms with Crippen molar-refractivity contribution in [3.05, 3.63) is 51.4 Å². The molecular weight excluding hydrogens is 276 g/mol. The molecule has 2 rings (SSSR count). The monoisotopic (exact) mass is 294 g/mol. The van der Waals surface area contributed by atoms with Crippen LogP contribution in [0.15, 0.2) is 36.7 Å². The number of halogens is 1. The molecule has 2 unspecified atom stereocenters. The average molecular weight is 295 g/mol. The lowest BCUT2D eigenvalue weighted by Crippen LogP contribution is -2.26. The van der Waals surface area contributed by atoms with E-state index in [0.717, 1.165) is 17.3 Å². The number of hydrogen-bond acceptors (Lipinski definition) is 3. The van der Waals surface area contributed by atoms with E-state index < -0.39 is 0 Å². The second kappa shape index (κ2) is 7.04. The van der Waals surface area contributed by atoms with Crippen molar-refractivity contribution in [3.8, 4) is 0 Å². The van der Waals surface area contributed by atoms with Gasteiger partial charge in [-0.2, -0.15) is 0 Å². The summed E-state index contributed by atoms with van der Waals surface area (Å²) in [7, 11) is 0. The van der Waals surface area contributed by atoms with Crippen molar-refractivity contribution in [1.82, 2.24) is 10.3 Å². The van der Waals surface area contributed by atoms with Crippen LogP contribution in [0.2, 0.25) is 4.34 Å². The van der Waals surface area contributed by atoms with Crippen LogP contribution < -0.4 is 5.32 Å². The number of thiophene rings is 1. The van der Waals surface area contributed by atoms with E-state index >= 15 is 0 Å². The molecule has 102 valence electrons. The van der Waals surface area contributed by atoms with Crippen molar-refractivity contribution in [3.63, 3.8) is 0 Å². The zero-order valence-corrected chi connectivity index (χ0v) is 12.8. The Kier molecular flexibility index (Phi) is 5.37. The maximum Gasteiger partial charge on any atom is 0.0931 e. The summed E-state index contributed by atoms with van der Waals surface area (Å²) in [5.41, 5.74) is 1.30. The summed E-state index contributed by atoms with van der Waals surface area (Å²) in [5, 5.41) is 3.63. The van der Waals surface area contributed by atoms with E-state index in [4.69, 9.17) is 11.6 Å². The first kappa shape index (κ1) is 14.5. The third-order valence-electron chi connectivity index (χ3n) is 3.25. The van der Waals surface area contributed by atoms with Crippen molar-refractivity contribution in [2.24, 2.45) is 0 Å². The topological polar surface area (TPSA) is 24.9 Å². The Morgan fingerprint density at radius 3 is 2.58 bits per heavy atom. The Hall–Kier alpha value is -0.900. The normalized spacial score (nSPS) is 14.3. The molecule has 2 heterocycles. The van der Waals surface area contributed by atoms with Gasteiger partial charge in [0.25, 0.3) is 0 Å². The van der Waals surface area contributed by atoms with E-state index in [2.05, 4.69) is 42.3 Å². The molecule has 0 aliphatic heterocycles. The van der Waals surface area contributed by atoms with E-state index in [0.29, 0.717) is 12.0 Å². The zero-order chi connectivity index (χ0) is 13.7. The molecule has 1 N–H and O–H groups in total. The summed E-state index contributed by atoms with van der Waals surface area (Å²) in [4.78, 5) is 5.38. The summed E-state index contributed by atoms with van der Waals surface area (Å²) < 4.78 is 0.847. The van der Waals surface area contributed by atoms with Crippen LogP contribution in [-0.2, 0) is 0 Å². The number of nitrogens with one attached hydrogen (secondary N) is 1. The molecule has 2 aromatic heterocycles. The predicted molar refractivity (Wildman–Crippen MR) is 83.0 cm³/mol. The summed E-state index contributed by atoms with van der Waals surface area (Å²) in [5.74, 6) is 0.393. The van der Waals surface area contributed by atoms with Crippen LogP contribution in [0.25, 0.3) is 0 Å². The Labute approximate surface area is 123 Å². The lowest BCUT2D eigenvalue weighted by molar-refractivity contribution is 0.472.